The van der Waals surface area contributed by atoms with Crippen LogP contribution in [0.3, 0.4) is 0 Å². The molecule has 0 unspecified atom stereocenters. The quantitative estimate of drug-likeness (QED) is 0.235. The Morgan fingerprint density at radius 1 is 0.979 bits per heavy atom. The number of aryl methyl sites for hydroxylation is 1. The molecule has 2 fully saturated rings. The van der Waals surface area contributed by atoms with Gasteiger partial charge < -0.3 is 29.3 Å². The average molecular weight is 683 g/mol. The maximum atomic E-state index is 14.9. The third kappa shape index (κ3) is 7.53. The Hall–Kier alpha value is -3.79. The van der Waals surface area contributed by atoms with Crippen molar-refractivity contribution in [3.8, 4) is 17.2 Å². The van der Waals surface area contributed by atoms with Crippen LogP contribution in [-0.4, -0.2) is 73.2 Å². The van der Waals surface area contributed by atoms with Crippen LogP contribution in [0, 0.1) is 12.7 Å². The summed E-state index contributed by atoms with van der Waals surface area (Å²) in [6.45, 7) is 5.08. The Morgan fingerprint density at radius 2 is 1.66 bits per heavy atom. The number of hydrogen-bond acceptors (Lipinski definition) is 6. The highest BCUT2D eigenvalue weighted by molar-refractivity contribution is 6.37. The molecule has 8 nitrogen and oxygen atoms in total. The fourth-order valence-corrected chi connectivity index (χ4v) is 7.10. The normalized spacial score (nSPS) is 19.0. The second-order valence-electron chi connectivity index (χ2n) is 12.3. The van der Waals surface area contributed by atoms with Gasteiger partial charge in [0, 0.05) is 49.8 Å². The van der Waals surface area contributed by atoms with Gasteiger partial charge in [-0.1, -0.05) is 35.3 Å². The third-order valence-corrected chi connectivity index (χ3v) is 9.43. The van der Waals surface area contributed by atoms with Gasteiger partial charge in [0.2, 0.25) is 5.91 Å². The van der Waals surface area contributed by atoms with Gasteiger partial charge in [0.1, 0.15) is 30.5 Å². The number of methoxy groups -OCH3 is 1. The first-order valence-electron chi connectivity index (χ1n) is 15.8. The summed E-state index contributed by atoms with van der Waals surface area (Å²) in [7, 11) is 1.54. The number of fused-ring (bicyclic) bond motifs is 2. The number of hydrogen-bond donors (Lipinski definition) is 1. The largest absolute Gasteiger partial charge is 0.497 e. The van der Waals surface area contributed by atoms with Gasteiger partial charge >= 0.3 is 0 Å². The van der Waals surface area contributed by atoms with E-state index in [-0.39, 0.29) is 55.5 Å². The molecule has 1 aliphatic carbocycles. The van der Waals surface area contributed by atoms with Crippen molar-refractivity contribution in [2.75, 3.05) is 33.4 Å². The van der Waals surface area contributed by atoms with Gasteiger partial charge in [-0.15, -0.1) is 0 Å². The Labute approximate surface area is 284 Å². The molecular weight excluding hydrogens is 644 g/mol. The fraction of sp³-hybridized carbons (Fsp3) is 0.389. The lowest BCUT2D eigenvalue weighted by atomic mass is 9.82. The summed E-state index contributed by atoms with van der Waals surface area (Å²) in [5.74, 6) is 1.07. The summed E-state index contributed by atoms with van der Waals surface area (Å²) in [5, 5.41) is 4.49. The lowest BCUT2D eigenvalue weighted by Crippen LogP contribution is -2.61. The van der Waals surface area contributed by atoms with Gasteiger partial charge in [-0.2, -0.15) is 0 Å². The molecule has 11 heteroatoms. The van der Waals surface area contributed by atoms with Gasteiger partial charge in [0.25, 0.3) is 5.91 Å². The SMILES string of the molecule is COc1ccc(F)c(CN(C(=O)C2=C(c3ccc(OCCOc4c(Cl)cc(C)cc4Cl)cc3)C[C@@H]3CN(C(C)=O)C[C@H]2N3)C2CC2)c1. The number of ether oxygens (including phenoxy) is 3. The van der Waals surface area contributed by atoms with E-state index in [0.717, 1.165) is 29.5 Å². The molecule has 6 rings (SSSR count). The van der Waals surface area contributed by atoms with E-state index < -0.39 is 0 Å². The van der Waals surface area contributed by atoms with Gasteiger partial charge in [-0.25, -0.2) is 4.39 Å². The summed E-state index contributed by atoms with van der Waals surface area (Å²) in [6, 6.07) is 15.5. The summed E-state index contributed by atoms with van der Waals surface area (Å²) >= 11 is 12.6. The highest BCUT2D eigenvalue weighted by Crippen LogP contribution is 2.38. The standard InChI is InChI=1S/C36H38Cl2FN3O5/c1-21-14-30(37)35(31(38)15-21)47-13-12-46-27-8-4-23(5-9-27)29-17-25-19-41(22(2)43)20-33(40-25)34(29)36(44)42(26-6-7-26)18-24-16-28(45-3)10-11-32(24)39/h4-5,8-11,14-16,25-26,33,40H,6-7,12-13,17-20H2,1-3H3/t25-,33-/m1/s1. The molecule has 3 aliphatic rings. The fourth-order valence-electron chi connectivity index (χ4n) is 6.39. The van der Waals surface area contributed by atoms with E-state index in [1.54, 1.807) is 41.0 Å². The minimum Gasteiger partial charge on any atom is -0.497 e. The van der Waals surface area contributed by atoms with Gasteiger partial charge in [0.05, 0.1) is 23.2 Å². The smallest absolute Gasteiger partial charge is 0.252 e. The van der Waals surface area contributed by atoms with E-state index in [2.05, 4.69) is 5.32 Å². The predicted octanol–water partition coefficient (Wildman–Crippen LogP) is 6.44. The van der Waals surface area contributed by atoms with E-state index in [1.807, 2.05) is 31.2 Å². The van der Waals surface area contributed by atoms with Crippen molar-refractivity contribution >= 4 is 40.6 Å². The zero-order valence-electron chi connectivity index (χ0n) is 26.7. The second kappa shape index (κ2) is 14.1. The molecule has 2 bridgehead atoms. The molecule has 0 spiro atoms. The van der Waals surface area contributed by atoms with Crippen LogP contribution in [0.4, 0.5) is 4.39 Å². The zero-order valence-corrected chi connectivity index (χ0v) is 28.2. The van der Waals surface area contributed by atoms with Crippen molar-refractivity contribution in [1.29, 1.82) is 0 Å². The molecule has 1 N–H and O–H groups in total. The van der Waals surface area contributed by atoms with E-state index in [4.69, 9.17) is 37.4 Å². The molecule has 2 amide bonds. The number of rotatable bonds is 11. The summed E-state index contributed by atoms with van der Waals surface area (Å²) in [6.07, 6.45) is 2.29. The van der Waals surface area contributed by atoms with Crippen LogP contribution >= 0.6 is 23.2 Å². The first kappa shape index (κ1) is 33.1. The first-order chi connectivity index (χ1) is 22.6. The molecule has 2 atom stereocenters. The van der Waals surface area contributed by atoms with Crippen LogP contribution in [0.5, 0.6) is 17.2 Å². The minimum absolute atomic E-state index is 0.00269. The number of piperazine rings is 1. The van der Waals surface area contributed by atoms with Crippen LogP contribution in [0.1, 0.15) is 42.9 Å². The summed E-state index contributed by atoms with van der Waals surface area (Å²) < 4.78 is 32.0. The van der Waals surface area contributed by atoms with Crippen molar-refractivity contribution in [3.05, 3.63) is 92.7 Å². The van der Waals surface area contributed by atoms with Gasteiger partial charge in [-0.3, -0.25) is 9.59 Å². The number of carbonyl (C=O) groups is 2. The van der Waals surface area contributed by atoms with E-state index in [1.165, 1.54) is 13.2 Å². The molecule has 1 saturated carbocycles. The Kier molecular flexibility index (Phi) is 9.96. The van der Waals surface area contributed by atoms with Crippen molar-refractivity contribution in [2.24, 2.45) is 0 Å². The molecule has 2 heterocycles. The Morgan fingerprint density at radius 3 is 2.32 bits per heavy atom. The van der Waals surface area contributed by atoms with Crippen LogP contribution < -0.4 is 19.5 Å². The molecule has 3 aromatic rings. The van der Waals surface area contributed by atoms with Crippen molar-refractivity contribution in [2.45, 2.75) is 57.8 Å². The van der Waals surface area contributed by atoms with E-state index in [9.17, 15) is 14.0 Å². The first-order valence-corrected chi connectivity index (χ1v) is 16.6. The van der Waals surface area contributed by atoms with Crippen LogP contribution in [-0.2, 0) is 16.1 Å². The molecule has 2 aliphatic heterocycles. The monoisotopic (exact) mass is 681 g/mol. The van der Waals surface area contributed by atoms with E-state index in [0.29, 0.717) is 57.9 Å². The second-order valence-corrected chi connectivity index (χ2v) is 13.2. The number of amides is 2. The van der Waals surface area contributed by atoms with E-state index >= 15 is 0 Å². The maximum absolute atomic E-state index is 14.9. The number of nitrogens with one attached hydrogen (secondary N) is 1. The Bertz CT molecular complexity index is 1670. The van der Waals surface area contributed by atoms with Crippen molar-refractivity contribution in [1.82, 2.24) is 15.1 Å². The molecule has 3 aromatic carbocycles. The number of nitrogens with zero attached hydrogens (tertiary/aromatic N) is 2. The number of benzene rings is 3. The highest BCUT2D eigenvalue weighted by atomic mass is 35.5. The topological polar surface area (TPSA) is 80.3 Å². The molecule has 1 saturated heterocycles. The third-order valence-electron chi connectivity index (χ3n) is 8.87. The average Bonchev–Trinajstić information content (AvgIpc) is 3.89. The van der Waals surface area contributed by atoms with Crippen LogP contribution in [0.15, 0.2) is 60.2 Å². The summed E-state index contributed by atoms with van der Waals surface area (Å²) in [5.41, 5.74) is 3.81. The van der Waals surface area contributed by atoms with Crippen molar-refractivity contribution < 1.29 is 28.2 Å². The molecule has 0 radical (unpaired) electrons. The number of carbonyl (C=O) groups excluding carboxylic acids is 2. The molecule has 47 heavy (non-hydrogen) atoms. The molecule has 0 aromatic heterocycles. The number of halogens is 3. The molecular formula is C36H38Cl2FN3O5. The minimum atomic E-state index is -0.383. The highest BCUT2D eigenvalue weighted by Gasteiger charge is 2.43. The van der Waals surface area contributed by atoms with Gasteiger partial charge in [0.15, 0.2) is 5.75 Å². The van der Waals surface area contributed by atoms with Gasteiger partial charge in [-0.05, 0) is 85.4 Å². The predicted molar refractivity (Wildman–Crippen MR) is 180 cm³/mol. The zero-order chi connectivity index (χ0) is 33.2. The maximum Gasteiger partial charge on any atom is 0.252 e. The summed E-state index contributed by atoms with van der Waals surface area (Å²) in [4.78, 5) is 30.6. The lowest BCUT2D eigenvalue weighted by Gasteiger charge is -2.44. The van der Waals surface area contributed by atoms with Crippen LogP contribution in [0.25, 0.3) is 5.57 Å². The van der Waals surface area contributed by atoms with Crippen LogP contribution in [0.2, 0.25) is 10.0 Å². The molecule has 248 valence electrons. The van der Waals surface area contributed by atoms with Crippen molar-refractivity contribution in [3.63, 3.8) is 0 Å². The Balaban J connectivity index is 1.24. The lowest BCUT2D eigenvalue weighted by molar-refractivity contribution is -0.132.